The summed E-state index contributed by atoms with van der Waals surface area (Å²) in [6.45, 7) is 0.850. The summed E-state index contributed by atoms with van der Waals surface area (Å²) in [5.41, 5.74) is 2.65. The van der Waals surface area contributed by atoms with Gasteiger partial charge >= 0.3 is 0 Å². The van der Waals surface area contributed by atoms with Gasteiger partial charge in [0.25, 0.3) is 0 Å². The van der Waals surface area contributed by atoms with Crippen LogP contribution in [0.1, 0.15) is 42.1 Å². The molecule has 0 bridgehead atoms. The van der Waals surface area contributed by atoms with Gasteiger partial charge in [0.2, 0.25) is 0 Å². The van der Waals surface area contributed by atoms with Crippen LogP contribution in [-0.2, 0) is 16.0 Å². The lowest BCUT2D eigenvalue weighted by Crippen LogP contribution is -2.35. The van der Waals surface area contributed by atoms with Crippen LogP contribution in [0.4, 0.5) is 0 Å². The number of carbonyl (C=O) groups excluding carboxylic acids is 3. The van der Waals surface area contributed by atoms with Crippen LogP contribution < -0.4 is 0 Å². The lowest BCUT2D eigenvalue weighted by atomic mass is 9.70. The first kappa shape index (κ1) is 22.0. The number of phenols is 1. The normalized spacial score (nSPS) is 23.2. The molecule has 2 aromatic rings. The van der Waals surface area contributed by atoms with Gasteiger partial charge in [-0.05, 0) is 54.4 Å². The monoisotopic (exact) mass is 434 g/mol. The van der Waals surface area contributed by atoms with Crippen molar-refractivity contribution in [1.82, 2.24) is 0 Å². The Morgan fingerprint density at radius 2 is 1.69 bits per heavy atom. The van der Waals surface area contributed by atoms with Gasteiger partial charge in [-0.1, -0.05) is 36.4 Å². The van der Waals surface area contributed by atoms with Crippen molar-refractivity contribution in [3.05, 3.63) is 64.9 Å². The number of rotatable bonds is 5. The Bertz CT molecular complexity index is 1110. The van der Waals surface area contributed by atoms with Gasteiger partial charge in [-0.15, -0.1) is 0 Å². The first-order valence-electron chi connectivity index (χ1n) is 10.8. The molecule has 3 N–H and O–H groups in total. The molecule has 0 radical (unpaired) electrons. The van der Waals surface area contributed by atoms with E-state index in [-0.39, 0.29) is 54.1 Å². The largest absolute Gasteiger partial charge is 0.511 e. The molecule has 166 valence electrons. The average Bonchev–Trinajstić information content (AvgIpc) is 2.73. The van der Waals surface area contributed by atoms with Crippen LogP contribution >= 0.6 is 0 Å². The van der Waals surface area contributed by atoms with Crippen LogP contribution in [0.2, 0.25) is 0 Å². The Balaban J connectivity index is 1.61. The molecule has 2 aromatic carbocycles. The SMILES string of the molecule is CC(=O)C1=C(O)C(CO)C(CC2CC(=O)c3c(O)cc(-c4ccccc4)cc3C2)CC1=O. The predicted molar refractivity (Wildman–Crippen MR) is 118 cm³/mol. The minimum atomic E-state index is -0.702. The summed E-state index contributed by atoms with van der Waals surface area (Å²) < 4.78 is 0. The smallest absolute Gasteiger partial charge is 0.170 e. The summed E-state index contributed by atoms with van der Waals surface area (Å²) in [5.74, 6) is -2.61. The van der Waals surface area contributed by atoms with E-state index in [2.05, 4.69) is 0 Å². The maximum atomic E-state index is 12.8. The minimum absolute atomic E-state index is 0.0300. The number of allylic oxidation sites excluding steroid dienone is 1. The average molecular weight is 434 g/mol. The maximum Gasteiger partial charge on any atom is 0.170 e. The van der Waals surface area contributed by atoms with Gasteiger partial charge in [0.15, 0.2) is 17.3 Å². The van der Waals surface area contributed by atoms with Crippen molar-refractivity contribution in [3.8, 4) is 16.9 Å². The Kier molecular flexibility index (Phi) is 5.98. The standard InChI is InChI=1S/C26H26O6/c1-14(28)24-22(30)12-18(20(13-27)26(24)32)7-15-8-19-10-17(16-5-3-2-4-6-16)11-23(31)25(19)21(29)9-15/h2-6,10-11,15,18,20,27,31-32H,7-9,12-13H2,1H3. The summed E-state index contributed by atoms with van der Waals surface area (Å²) >= 11 is 0. The van der Waals surface area contributed by atoms with E-state index in [9.17, 15) is 29.7 Å². The molecule has 32 heavy (non-hydrogen) atoms. The van der Waals surface area contributed by atoms with Gasteiger partial charge in [0.05, 0.1) is 17.7 Å². The maximum absolute atomic E-state index is 12.8. The number of Topliss-reactive ketones (excluding diaryl/α,β-unsaturated/α-hetero) is 3. The number of hydrogen-bond donors (Lipinski definition) is 3. The van der Waals surface area contributed by atoms with E-state index in [1.165, 1.54) is 6.92 Å². The van der Waals surface area contributed by atoms with Crippen LogP contribution in [0.15, 0.2) is 53.8 Å². The van der Waals surface area contributed by atoms with Crippen LogP contribution in [0.5, 0.6) is 5.75 Å². The van der Waals surface area contributed by atoms with Crippen molar-refractivity contribution in [1.29, 1.82) is 0 Å². The number of aliphatic hydroxyl groups excluding tert-OH is 2. The zero-order chi connectivity index (χ0) is 23.0. The molecule has 2 aliphatic rings. The highest BCUT2D eigenvalue weighted by Gasteiger charge is 2.40. The second-order valence-electron chi connectivity index (χ2n) is 8.82. The van der Waals surface area contributed by atoms with Gasteiger partial charge in [0, 0.05) is 18.8 Å². The topological polar surface area (TPSA) is 112 Å². The Morgan fingerprint density at radius 3 is 2.34 bits per heavy atom. The number of carbonyl (C=O) groups is 3. The lowest BCUT2D eigenvalue weighted by molar-refractivity contribution is -0.123. The van der Waals surface area contributed by atoms with Crippen LogP contribution in [-0.4, -0.2) is 39.3 Å². The van der Waals surface area contributed by atoms with Crippen molar-refractivity contribution in [2.24, 2.45) is 17.8 Å². The number of aromatic hydroxyl groups is 1. The second-order valence-corrected chi connectivity index (χ2v) is 8.82. The number of benzene rings is 2. The second kappa shape index (κ2) is 8.71. The van der Waals surface area contributed by atoms with Crippen molar-refractivity contribution in [2.75, 3.05) is 6.61 Å². The lowest BCUT2D eigenvalue weighted by Gasteiger charge is -2.34. The molecule has 0 heterocycles. The van der Waals surface area contributed by atoms with Crippen molar-refractivity contribution >= 4 is 17.3 Å². The molecule has 3 atom stereocenters. The third-order valence-corrected chi connectivity index (χ3v) is 6.66. The van der Waals surface area contributed by atoms with Gasteiger partial charge in [-0.3, -0.25) is 14.4 Å². The van der Waals surface area contributed by atoms with Crippen LogP contribution in [0.3, 0.4) is 0 Å². The number of phenolic OH excluding ortho intramolecular Hbond substituents is 1. The van der Waals surface area contributed by atoms with E-state index >= 15 is 0 Å². The molecule has 4 rings (SSSR count). The molecule has 0 aromatic heterocycles. The molecule has 0 fully saturated rings. The van der Waals surface area contributed by atoms with E-state index < -0.39 is 17.5 Å². The molecule has 0 amide bonds. The van der Waals surface area contributed by atoms with E-state index in [4.69, 9.17) is 0 Å². The van der Waals surface area contributed by atoms with Gasteiger partial charge in [-0.25, -0.2) is 0 Å². The third-order valence-electron chi connectivity index (χ3n) is 6.66. The molecule has 0 saturated carbocycles. The molecule has 0 aliphatic heterocycles. The number of ketones is 3. The predicted octanol–water partition coefficient (Wildman–Crippen LogP) is 3.79. The third kappa shape index (κ3) is 3.98. The fourth-order valence-corrected chi connectivity index (χ4v) is 5.20. The van der Waals surface area contributed by atoms with Crippen molar-refractivity contribution in [3.63, 3.8) is 0 Å². The first-order chi connectivity index (χ1) is 15.3. The van der Waals surface area contributed by atoms with Crippen molar-refractivity contribution < 1.29 is 29.7 Å². The van der Waals surface area contributed by atoms with Gasteiger partial charge in [0.1, 0.15) is 11.5 Å². The van der Waals surface area contributed by atoms with E-state index in [0.29, 0.717) is 18.4 Å². The molecule has 6 nitrogen and oxygen atoms in total. The summed E-state index contributed by atoms with van der Waals surface area (Å²) in [4.78, 5) is 37.0. The van der Waals surface area contributed by atoms with Crippen LogP contribution in [0.25, 0.3) is 11.1 Å². The van der Waals surface area contributed by atoms with E-state index in [1.807, 2.05) is 36.4 Å². The summed E-state index contributed by atoms with van der Waals surface area (Å²) in [5, 5.41) is 30.8. The van der Waals surface area contributed by atoms with Crippen molar-refractivity contribution in [2.45, 2.75) is 32.6 Å². The summed E-state index contributed by atoms with van der Waals surface area (Å²) in [6, 6.07) is 13.1. The highest BCUT2D eigenvalue weighted by atomic mass is 16.3. The highest BCUT2D eigenvalue weighted by molar-refractivity contribution is 6.20. The quantitative estimate of drug-likeness (QED) is 0.617. The minimum Gasteiger partial charge on any atom is -0.511 e. The first-order valence-corrected chi connectivity index (χ1v) is 10.8. The number of hydrogen-bond acceptors (Lipinski definition) is 6. The molecule has 0 saturated heterocycles. The molecular weight excluding hydrogens is 408 g/mol. The van der Waals surface area contributed by atoms with Gasteiger partial charge < -0.3 is 15.3 Å². The van der Waals surface area contributed by atoms with Crippen LogP contribution in [0, 0.1) is 17.8 Å². The zero-order valence-corrected chi connectivity index (χ0v) is 17.9. The fraction of sp³-hybridized carbons (Fsp3) is 0.346. The molecule has 3 unspecified atom stereocenters. The molecule has 0 spiro atoms. The Labute approximate surface area is 186 Å². The van der Waals surface area contributed by atoms with E-state index in [0.717, 1.165) is 16.7 Å². The number of fused-ring (bicyclic) bond motifs is 1. The van der Waals surface area contributed by atoms with Gasteiger partial charge in [-0.2, -0.15) is 0 Å². The highest BCUT2D eigenvalue weighted by Crippen LogP contribution is 2.41. The number of aliphatic hydroxyl groups is 2. The summed E-state index contributed by atoms with van der Waals surface area (Å²) in [7, 11) is 0. The molecule has 6 heteroatoms. The Hall–Kier alpha value is -3.25. The molecular formula is C26H26O6. The summed E-state index contributed by atoms with van der Waals surface area (Å²) in [6.07, 6.45) is 1.27. The zero-order valence-electron chi connectivity index (χ0n) is 17.9. The van der Waals surface area contributed by atoms with E-state index in [1.54, 1.807) is 6.07 Å². The molecule has 2 aliphatic carbocycles. The Morgan fingerprint density at radius 1 is 0.969 bits per heavy atom. The fourth-order valence-electron chi connectivity index (χ4n) is 5.20.